The van der Waals surface area contributed by atoms with E-state index in [4.69, 9.17) is 4.79 Å². The van der Waals surface area contributed by atoms with E-state index in [9.17, 15) is 4.39 Å². The Morgan fingerprint density at radius 2 is 1.82 bits per heavy atom. The number of hydrogen-bond acceptors (Lipinski definition) is 2. The predicted octanol–water partition coefficient (Wildman–Crippen LogP) is 2.30. The van der Waals surface area contributed by atoms with Crippen LogP contribution in [0.5, 0.6) is 0 Å². The summed E-state index contributed by atoms with van der Waals surface area (Å²) in [4.78, 5) is 8.75. The van der Waals surface area contributed by atoms with E-state index in [-0.39, 0.29) is 5.82 Å². The van der Waals surface area contributed by atoms with Crippen molar-refractivity contribution in [1.82, 2.24) is 0 Å². The molecule has 4 heteroatoms. The number of halogens is 2. The van der Waals surface area contributed by atoms with E-state index in [0.717, 1.165) is 6.08 Å². The lowest BCUT2D eigenvalue weighted by Gasteiger charge is -1.78. The fourth-order valence-corrected chi connectivity index (χ4v) is 0.415. The van der Waals surface area contributed by atoms with Crippen LogP contribution < -0.4 is 0 Å². The van der Waals surface area contributed by atoms with Gasteiger partial charge in [-0.2, -0.15) is 0 Å². The molecule has 58 valence electrons. The van der Waals surface area contributed by atoms with E-state index in [2.05, 4.69) is 16.3 Å². The van der Waals surface area contributed by atoms with Gasteiger partial charge in [-0.15, -0.1) is 0 Å². The van der Waals surface area contributed by atoms with E-state index < -0.39 is 0 Å². The molecule has 2 nitrogen and oxygen atoms in total. The number of nitrogens with zero attached hydrogens (tertiary/aromatic N) is 1. The van der Waals surface area contributed by atoms with Gasteiger partial charge >= 0.3 is 0 Å². The topological polar surface area (TPSA) is 29.4 Å². The minimum absolute atomic E-state index is 0.178. The second-order valence-electron chi connectivity index (χ2n) is 1.47. The second-order valence-corrected chi connectivity index (χ2v) is 1.64. The molecule has 0 bridgehead atoms. The van der Waals surface area contributed by atoms with Gasteiger partial charge in [0.2, 0.25) is 0 Å². The Morgan fingerprint density at radius 1 is 1.36 bits per heavy atom. The van der Waals surface area contributed by atoms with Gasteiger partial charge in [-0.1, -0.05) is 22.7 Å². The van der Waals surface area contributed by atoms with Gasteiger partial charge in [0.15, 0.2) is 0 Å². The van der Waals surface area contributed by atoms with Crippen LogP contribution in [0.25, 0.3) is 0 Å². The van der Waals surface area contributed by atoms with E-state index in [1.165, 1.54) is 12.1 Å². The van der Waals surface area contributed by atoms with Crippen molar-refractivity contribution in [3.05, 3.63) is 36.1 Å². The first kappa shape index (κ1) is 9.82. The molecule has 0 aliphatic heterocycles. The monoisotopic (exact) mass is 173 g/mol. The molecule has 0 saturated carbocycles. The van der Waals surface area contributed by atoms with E-state index in [0.29, 0.717) is 0 Å². The molecule has 0 spiro atoms. The normalized spacial score (nSPS) is 7.09. The first-order valence-electron chi connectivity index (χ1n) is 2.70. The largest absolute Gasteiger partial charge is 0.253 e. The number of benzene rings is 1. The third kappa shape index (κ3) is 6.71. The lowest BCUT2D eigenvalue weighted by molar-refractivity contribution is 0.566. The van der Waals surface area contributed by atoms with Crippen LogP contribution in [0.2, 0.25) is 0 Å². The van der Waals surface area contributed by atoms with E-state index in [1.807, 2.05) is 0 Å². The van der Waals surface area contributed by atoms with Crippen molar-refractivity contribution in [1.29, 1.82) is 0 Å². The first-order valence-corrected chi connectivity index (χ1v) is 3.03. The third-order valence-electron chi connectivity index (χ3n) is 0.768. The molecule has 0 N–H and O–H groups in total. The Kier molecular flexibility index (Phi) is 6.19. The molecule has 0 aliphatic rings. The smallest absolute Gasteiger partial charge is 0.210 e. The molecule has 11 heavy (non-hydrogen) atoms. The molecule has 0 fully saturated rings. The maximum atomic E-state index is 11.9. The molecular weight excluding hydrogens is 169 g/mol. The first-order chi connectivity index (χ1) is 5.31. The molecule has 1 aromatic carbocycles. The van der Waals surface area contributed by atoms with Gasteiger partial charge in [-0.25, -0.2) is 9.18 Å². The Labute approximate surface area is 68.4 Å². The molecule has 1 aromatic rings. The molecule has 0 aromatic heterocycles. The van der Waals surface area contributed by atoms with Crippen LogP contribution in [0.15, 0.2) is 34.8 Å². The average Bonchev–Trinajstić information content (AvgIpc) is 2.07. The Hall–Kier alpha value is -1.18. The zero-order valence-corrected chi connectivity index (χ0v) is 6.25. The highest BCUT2D eigenvalue weighted by molar-refractivity contribution is 6.16. The number of hydrogen-bond donors (Lipinski definition) is 0. The summed E-state index contributed by atoms with van der Waals surface area (Å²) in [5.74, 6) is -0.178. The van der Waals surface area contributed by atoms with E-state index >= 15 is 0 Å². The minimum atomic E-state index is -0.178. The van der Waals surface area contributed by atoms with Gasteiger partial charge in [0, 0.05) is 11.8 Å². The third-order valence-corrected chi connectivity index (χ3v) is 0.837. The fraction of sp³-hybridized carbons (Fsp3) is 0. The van der Waals surface area contributed by atoms with Gasteiger partial charge in [0.05, 0.1) is 0 Å². The van der Waals surface area contributed by atoms with Gasteiger partial charge in [-0.05, 0) is 12.1 Å². The summed E-state index contributed by atoms with van der Waals surface area (Å²) in [6, 6.07) is 7.94. The lowest BCUT2D eigenvalue weighted by atomic mass is 10.4. The molecule has 0 radical (unpaired) electrons. The van der Waals surface area contributed by atoms with Crippen molar-refractivity contribution < 1.29 is 9.18 Å². The Balaban J connectivity index is 0.000000218. The van der Waals surface area contributed by atoms with Crippen LogP contribution in [0.3, 0.4) is 0 Å². The average molecular weight is 174 g/mol. The van der Waals surface area contributed by atoms with Crippen molar-refractivity contribution in [3.8, 4) is 0 Å². The quantitative estimate of drug-likeness (QED) is 0.437. The van der Waals surface area contributed by atoms with Crippen LogP contribution in [0.4, 0.5) is 4.39 Å². The summed E-state index contributed by atoms with van der Waals surface area (Å²) < 4.78 is 14.3. The number of carbonyl (C=O) groups excluding carboxylic acids is 1. The summed E-state index contributed by atoms with van der Waals surface area (Å²) in [5, 5.41) is 0. The number of rotatable bonds is 0. The van der Waals surface area contributed by atoms with Gasteiger partial charge in [0.1, 0.15) is 5.82 Å². The van der Waals surface area contributed by atoms with Crippen molar-refractivity contribution in [2.24, 2.45) is 4.51 Å². The predicted molar refractivity (Wildman–Crippen MR) is 40.4 cm³/mol. The van der Waals surface area contributed by atoms with Gasteiger partial charge < -0.3 is 0 Å². The molecule has 0 atom stereocenters. The zero-order chi connectivity index (χ0) is 8.53. The minimum Gasteiger partial charge on any atom is -0.210 e. The molecule has 0 amide bonds. The van der Waals surface area contributed by atoms with Crippen molar-refractivity contribution >= 4 is 17.9 Å². The fourth-order valence-electron chi connectivity index (χ4n) is 0.415. The Bertz CT molecular complexity index is 233. The highest BCUT2D eigenvalue weighted by Gasteiger charge is 1.77. The maximum absolute atomic E-state index is 11.9. The van der Waals surface area contributed by atoms with Crippen LogP contribution in [-0.2, 0) is 4.79 Å². The van der Waals surface area contributed by atoms with E-state index in [1.54, 1.807) is 18.2 Å². The second kappa shape index (κ2) is 6.93. The Morgan fingerprint density at radius 3 is 2.00 bits per heavy atom. The SMILES string of the molecule is Fc1ccccc1.O=C=NCl. The molecule has 0 heterocycles. The van der Waals surface area contributed by atoms with Crippen molar-refractivity contribution in [2.45, 2.75) is 0 Å². The lowest BCUT2D eigenvalue weighted by Crippen LogP contribution is -1.63. The highest BCUT2D eigenvalue weighted by atomic mass is 35.5. The van der Waals surface area contributed by atoms with Crippen molar-refractivity contribution in [2.75, 3.05) is 0 Å². The molecule has 1 rings (SSSR count). The van der Waals surface area contributed by atoms with Gasteiger partial charge in [0.25, 0.3) is 6.08 Å². The maximum Gasteiger partial charge on any atom is 0.253 e. The zero-order valence-electron chi connectivity index (χ0n) is 5.50. The van der Waals surface area contributed by atoms with Gasteiger partial charge in [-0.3, -0.25) is 0 Å². The van der Waals surface area contributed by atoms with Crippen LogP contribution in [-0.4, -0.2) is 6.08 Å². The standard InChI is InChI=1S/C6H5F.CClNO/c7-6-4-2-1-3-5-6;2-3-1-4/h1-5H;. The summed E-state index contributed by atoms with van der Waals surface area (Å²) in [7, 11) is 0. The summed E-state index contributed by atoms with van der Waals surface area (Å²) in [6.07, 6.45) is 1.07. The molecule has 0 saturated heterocycles. The summed E-state index contributed by atoms with van der Waals surface area (Å²) in [5.41, 5.74) is 0. The summed E-state index contributed by atoms with van der Waals surface area (Å²) >= 11 is 4.39. The number of isocyanates is 1. The molecule has 0 aliphatic carbocycles. The molecular formula is C7H5ClFNO. The van der Waals surface area contributed by atoms with Crippen LogP contribution >= 0.6 is 11.8 Å². The van der Waals surface area contributed by atoms with Crippen molar-refractivity contribution in [3.63, 3.8) is 0 Å². The van der Waals surface area contributed by atoms with Crippen LogP contribution in [0, 0.1) is 5.82 Å². The molecule has 0 unspecified atom stereocenters. The summed E-state index contributed by atoms with van der Waals surface area (Å²) in [6.45, 7) is 0. The van der Waals surface area contributed by atoms with Crippen LogP contribution in [0.1, 0.15) is 0 Å². The highest BCUT2D eigenvalue weighted by Crippen LogP contribution is 1.91.